The van der Waals surface area contributed by atoms with Crippen molar-refractivity contribution in [2.75, 3.05) is 5.32 Å². The van der Waals surface area contributed by atoms with Crippen molar-refractivity contribution in [3.05, 3.63) is 65.0 Å². The van der Waals surface area contributed by atoms with E-state index in [1.807, 2.05) is 32.9 Å². The minimum absolute atomic E-state index is 0.192. The molecule has 0 fully saturated rings. The van der Waals surface area contributed by atoms with E-state index in [4.69, 9.17) is 8.94 Å². The van der Waals surface area contributed by atoms with Crippen LogP contribution in [0.1, 0.15) is 33.1 Å². The zero-order chi connectivity index (χ0) is 18.3. The van der Waals surface area contributed by atoms with Gasteiger partial charge in [0.25, 0.3) is 5.91 Å². The molecule has 0 unspecified atom stereocenters. The number of benzene rings is 1. The topological polar surface area (TPSA) is 86.1 Å². The fraction of sp³-hybridized carbons (Fsp3) is 0.211. The lowest BCUT2D eigenvalue weighted by Gasteiger charge is -2.03. The minimum atomic E-state index is -0.192. The Hall–Kier alpha value is -3.35. The Balaban J connectivity index is 1.50. The van der Waals surface area contributed by atoms with Gasteiger partial charge in [0.05, 0.1) is 24.1 Å². The molecule has 0 saturated heterocycles. The minimum Gasteiger partial charge on any atom is -0.461 e. The van der Waals surface area contributed by atoms with Crippen LogP contribution < -0.4 is 5.32 Å². The summed E-state index contributed by atoms with van der Waals surface area (Å²) in [5.41, 5.74) is 3.80. The third kappa shape index (κ3) is 2.99. The molecule has 4 aromatic rings. The van der Waals surface area contributed by atoms with Crippen molar-refractivity contribution < 1.29 is 13.7 Å². The number of carbonyl (C=O) groups excluding carboxylic acids is 1. The molecule has 1 N–H and O–H groups in total. The van der Waals surface area contributed by atoms with Gasteiger partial charge in [0, 0.05) is 22.7 Å². The van der Waals surface area contributed by atoms with Gasteiger partial charge in [-0.15, -0.1) is 0 Å². The number of hydrogen-bond donors (Lipinski definition) is 1. The van der Waals surface area contributed by atoms with E-state index >= 15 is 0 Å². The summed E-state index contributed by atoms with van der Waals surface area (Å²) in [6, 6.07) is 7.27. The molecule has 0 atom stereocenters. The number of anilines is 1. The van der Waals surface area contributed by atoms with Crippen LogP contribution in [-0.4, -0.2) is 20.8 Å². The fourth-order valence-corrected chi connectivity index (χ4v) is 2.92. The van der Waals surface area contributed by atoms with Crippen LogP contribution >= 0.6 is 0 Å². The van der Waals surface area contributed by atoms with Gasteiger partial charge < -0.3 is 14.3 Å². The van der Waals surface area contributed by atoms with Gasteiger partial charge in [0.15, 0.2) is 0 Å². The molecule has 3 aromatic heterocycles. The molecule has 0 aliphatic heterocycles. The maximum Gasteiger partial charge on any atom is 0.255 e. The molecule has 4 rings (SSSR count). The number of fused-ring (bicyclic) bond motifs is 1. The number of nitrogens with one attached hydrogen (secondary N) is 1. The third-order valence-electron chi connectivity index (χ3n) is 4.29. The van der Waals surface area contributed by atoms with Crippen molar-refractivity contribution in [3.63, 3.8) is 0 Å². The zero-order valence-corrected chi connectivity index (χ0v) is 14.7. The number of nitrogens with zero attached hydrogens (tertiary/aromatic N) is 3. The number of rotatable bonds is 4. The second kappa shape index (κ2) is 6.18. The highest BCUT2D eigenvalue weighted by Gasteiger charge is 2.12. The lowest BCUT2D eigenvalue weighted by Crippen LogP contribution is -2.11. The zero-order valence-electron chi connectivity index (χ0n) is 14.7. The molecule has 0 radical (unpaired) electrons. The molecule has 0 aliphatic rings. The van der Waals surface area contributed by atoms with Crippen LogP contribution in [0.4, 0.5) is 5.69 Å². The largest absolute Gasteiger partial charge is 0.461 e. The predicted octanol–water partition coefficient (Wildman–Crippen LogP) is 3.84. The normalized spacial score (nSPS) is 11.2. The summed E-state index contributed by atoms with van der Waals surface area (Å²) in [6.07, 6.45) is 3.40. The molecular weight excluding hydrogens is 332 g/mol. The van der Waals surface area contributed by atoms with Crippen LogP contribution in [0.3, 0.4) is 0 Å². The maximum atomic E-state index is 12.5. The molecular formula is C19H18N4O3. The summed E-state index contributed by atoms with van der Waals surface area (Å²) in [5, 5.41) is 12.0. The lowest BCUT2D eigenvalue weighted by atomic mass is 10.1. The molecule has 1 aromatic carbocycles. The first kappa shape index (κ1) is 16.1. The summed E-state index contributed by atoms with van der Waals surface area (Å²) >= 11 is 0. The molecule has 1 amide bonds. The molecule has 0 saturated carbocycles. The van der Waals surface area contributed by atoms with E-state index in [1.165, 1.54) is 0 Å². The van der Waals surface area contributed by atoms with E-state index in [0.29, 0.717) is 17.8 Å². The molecule has 3 heterocycles. The highest BCUT2D eigenvalue weighted by atomic mass is 16.5. The van der Waals surface area contributed by atoms with Crippen LogP contribution in [0, 0.1) is 20.8 Å². The van der Waals surface area contributed by atoms with E-state index < -0.39 is 0 Å². The average molecular weight is 350 g/mol. The van der Waals surface area contributed by atoms with E-state index in [2.05, 4.69) is 15.6 Å². The Morgan fingerprint density at radius 3 is 2.85 bits per heavy atom. The maximum absolute atomic E-state index is 12.5. The number of aromatic nitrogens is 3. The predicted molar refractivity (Wildman–Crippen MR) is 96.2 cm³/mol. The molecule has 26 heavy (non-hydrogen) atoms. The number of hydrogen-bond acceptors (Lipinski definition) is 5. The lowest BCUT2D eigenvalue weighted by molar-refractivity contribution is 0.102. The van der Waals surface area contributed by atoms with Gasteiger partial charge >= 0.3 is 0 Å². The van der Waals surface area contributed by atoms with Crippen LogP contribution in [0.5, 0.6) is 0 Å². The fourth-order valence-electron chi connectivity index (χ4n) is 2.92. The van der Waals surface area contributed by atoms with Crippen LogP contribution in [0.25, 0.3) is 11.0 Å². The Labute approximate surface area is 149 Å². The Morgan fingerprint density at radius 1 is 1.23 bits per heavy atom. The first-order valence-corrected chi connectivity index (χ1v) is 8.25. The van der Waals surface area contributed by atoms with E-state index in [9.17, 15) is 4.79 Å². The smallest absolute Gasteiger partial charge is 0.255 e. The summed E-state index contributed by atoms with van der Waals surface area (Å²) in [4.78, 5) is 12.5. The molecule has 7 nitrogen and oxygen atoms in total. The van der Waals surface area contributed by atoms with Crippen LogP contribution in [0.15, 0.2) is 45.6 Å². The molecule has 0 spiro atoms. The Morgan fingerprint density at radius 2 is 2.08 bits per heavy atom. The molecule has 132 valence electrons. The summed E-state index contributed by atoms with van der Waals surface area (Å²) in [6.45, 7) is 6.19. The van der Waals surface area contributed by atoms with Gasteiger partial charge in [0.2, 0.25) is 0 Å². The van der Waals surface area contributed by atoms with Crippen molar-refractivity contribution in [1.29, 1.82) is 0 Å². The molecule has 0 aliphatic carbocycles. The summed E-state index contributed by atoms with van der Waals surface area (Å²) < 4.78 is 12.4. The SMILES string of the molecule is Cc1cc2cc(C(=O)Nc3cnn(Cc4c(C)noc4C)c3)ccc2o1. The first-order chi connectivity index (χ1) is 12.5. The van der Waals surface area contributed by atoms with Gasteiger partial charge in [0.1, 0.15) is 17.1 Å². The van der Waals surface area contributed by atoms with Gasteiger partial charge in [-0.25, -0.2) is 0 Å². The first-order valence-electron chi connectivity index (χ1n) is 8.25. The van der Waals surface area contributed by atoms with Gasteiger partial charge in [-0.3, -0.25) is 9.48 Å². The Bertz CT molecular complexity index is 1080. The highest BCUT2D eigenvalue weighted by Crippen LogP contribution is 2.21. The number of amides is 1. The van der Waals surface area contributed by atoms with Crippen molar-refractivity contribution >= 4 is 22.6 Å². The Kier molecular flexibility index (Phi) is 3.84. The van der Waals surface area contributed by atoms with Crippen LogP contribution in [-0.2, 0) is 6.54 Å². The van der Waals surface area contributed by atoms with Crippen molar-refractivity contribution in [1.82, 2.24) is 14.9 Å². The second-order valence-electron chi connectivity index (χ2n) is 6.29. The monoisotopic (exact) mass is 350 g/mol. The quantitative estimate of drug-likeness (QED) is 0.604. The molecule has 0 bridgehead atoms. The number of carbonyl (C=O) groups is 1. The van der Waals surface area contributed by atoms with Crippen molar-refractivity contribution in [3.8, 4) is 0 Å². The van der Waals surface area contributed by atoms with Crippen LogP contribution in [0.2, 0.25) is 0 Å². The highest BCUT2D eigenvalue weighted by molar-refractivity contribution is 6.06. The van der Waals surface area contributed by atoms with Gasteiger partial charge in [-0.1, -0.05) is 5.16 Å². The van der Waals surface area contributed by atoms with Gasteiger partial charge in [-0.2, -0.15) is 5.10 Å². The molecule has 7 heteroatoms. The standard InChI is InChI=1S/C19H18N4O3/c1-11-6-15-7-14(4-5-18(15)25-11)19(24)21-16-8-20-23(9-16)10-17-12(2)22-26-13(17)3/h4-9H,10H2,1-3H3,(H,21,24). The van der Waals surface area contributed by atoms with Crippen molar-refractivity contribution in [2.24, 2.45) is 0 Å². The summed E-state index contributed by atoms with van der Waals surface area (Å²) in [5.74, 6) is 1.40. The van der Waals surface area contributed by atoms with E-state index in [-0.39, 0.29) is 5.91 Å². The van der Waals surface area contributed by atoms with Gasteiger partial charge in [-0.05, 0) is 45.0 Å². The second-order valence-corrected chi connectivity index (χ2v) is 6.29. The van der Waals surface area contributed by atoms with E-state index in [0.717, 1.165) is 33.7 Å². The third-order valence-corrected chi connectivity index (χ3v) is 4.29. The van der Waals surface area contributed by atoms with Crippen molar-refractivity contribution in [2.45, 2.75) is 27.3 Å². The summed E-state index contributed by atoms with van der Waals surface area (Å²) in [7, 11) is 0. The number of furan rings is 1. The average Bonchev–Trinajstić information content (AvgIpc) is 3.28. The number of aryl methyl sites for hydroxylation is 3. The van der Waals surface area contributed by atoms with E-state index in [1.54, 1.807) is 29.2 Å².